The van der Waals surface area contributed by atoms with Crippen molar-refractivity contribution in [3.05, 3.63) is 29.8 Å². The van der Waals surface area contributed by atoms with Gasteiger partial charge in [-0.2, -0.15) is 8.42 Å². The van der Waals surface area contributed by atoms with Crippen molar-refractivity contribution in [2.75, 3.05) is 0 Å². The second-order valence-electron chi connectivity index (χ2n) is 9.30. The maximum Gasteiger partial charge on any atom is 0.294 e. The Labute approximate surface area is 231 Å². The molecule has 0 amide bonds. The Balaban J connectivity index is -0.000000307. The third kappa shape index (κ3) is 41.1. The van der Waals surface area contributed by atoms with Crippen LogP contribution in [0.5, 0.6) is 0 Å². The molecule has 0 bridgehead atoms. The van der Waals surface area contributed by atoms with Crippen LogP contribution in [0.2, 0.25) is 0 Å². The Morgan fingerprint density at radius 1 is 0.657 bits per heavy atom. The molecule has 0 atom stereocenters. The zero-order chi connectivity index (χ0) is 27.0. The molecule has 0 unspecified atom stereocenters. The number of aliphatic hydroxyl groups excluding tert-OH is 3. The van der Waals surface area contributed by atoms with Gasteiger partial charge in [0.1, 0.15) is 0 Å². The second kappa shape index (κ2) is 28.3. The predicted octanol–water partition coefficient (Wildman–Crippen LogP) is 6.56. The summed E-state index contributed by atoms with van der Waals surface area (Å²) in [6.07, 6.45) is 12.8. The molecule has 4 N–H and O–H groups in total. The molecule has 0 saturated carbocycles. The van der Waals surface area contributed by atoms with Gasteiger partial charge in [0.2, 0.25) is 0 Å². The average Bonchev–Trinajstić information content (AvgIpc) is 2.68. The van der Waals surface area contributed by atoms with E-state index < -0.39 is 10.1 Å². The first-order valence-corrected chi connectivity index (χ1v) is 14.3. The van der Waals surface area contributed by atoms with Crippen molar-refractivity contribution in [2.24, 2.45) is 0 Å². The van der Waals surface area contributed by atoms with Crippen LogP contribution in [0.1, 0.15) is 118 Å². The first-order chi connectivity index (χ1) is 15.8. The number of benzene rings is 1. The number of aryl methyl sites for hydroxylation is 1. The molecule has 0 aliphatic rings. The van der Waals surface area contributed by atoms with Gasteiger partial charge < -0.3 is 15.3 Å². The van der Waals surface area contributed by atoms with Crippen LogP contribution in [0.3, 0.4) is 0 Å². The monoisotopic (exact) mass is 554 g/mol. The smallest absolute Gasteiger partial charge is 0.294 e. The van der Waals surface area contributed by atoms with E-state index in [1.807, 2.05) is 6.07 Å². The molecular weight excluding hydrogens is 500 g/mol. The Bertz CT molecular complexity index is 626. The van der Waals surface area contributed by atoms with E-state index >= 15 is 0 Å². The van der Waals surface area contributed by atoms with E-state index in [9.17, 15) is 13.0 Å². The third-order valence-electron chi connectivity index (χ3n) is 4.05. The Hall–Kier alpha value is -0.276. The molecule has 208 valence electrons. The zero-order valence-electron chi connectivity index (χ0n) is 23.3. The van der Waals surface area contributed by atoms with Gasteiger partial charge in [-0.05, 0) is 66.0 Å². The van der Waals surface area contributed by atoms with Crippen LogP contribution in [0.4, 0.5) is 0 Å². The van der Waals surface area contributed by atoms with E-state index in [0.29, 0.717) is 6.42 Å². The molecule has 0 fully saturated rings. The van der Waals surface area contributed by atoms with Gasteiger partial charge in [0.15, 0.2) is 0 Å². The summed E-state index contributed by atoms with van der Waals surface area (Å²) >= 11 is 0. The van der Waals surface area contributed by atoms with E-state index in [-0.39, 0.29) is 44.9 Å². The molecule has 8 heteroatoms. The van der Waals surface area contributed by atoms with Crippen molar-refractivity contribution in [1.82, 2.24) is 0 Å². The Morgan fingerprint density at radius 2 is 0.971 bits per heavy atom. The number of hydrogen-bond acceptors (Lipinski definition) is 5. The number of rotatable bonds is 12. The second-order valence-corrected chi connectivity index (χ2v) is 10.7. The first-order valence-electron chi connectivity index (χ1n) is 12.8. The van der Waals surface area contributed by atoms with E-state index in [2.05, 4.69) is 6.92 Å². The van der Waals surface area contributed by atoms with Gasteiger partial charge in [0.05, 0.1) is 4.90 Å². The molecule has 0 spiro atoms. The van der Waals surface area contributed by atoms with E-state index in [0.717, 1.165) is 18.4 Å². The van der Waals surface area contributed by atoms with Crippen molar-refractivity contribution >= 4 is 10.1 Å². The SMILES string of the molecule is CC(C)O.CC(C)O.CC(C)O.CCCCCCCCCCCCc1ccccc1S(=O)(=O)O.[Ti]. The normalized spacial score (nSPS) is 10.5. The van der Waals surface area contributed by atoms with Crippen LogP contribution in [-0.2, 0) is 38.3 Å². The molecule has 0 aliphatic heterocycles. The van der Waals surface area contributed by atoms with E-state index in [1.165, 1.54) is 57.4 Å². The van der Waals surface area contributed by atoms with Crippen molar-refractivity contribution < 1.29 is 50.0 Å². The molecule has 1 aromatic carbocycles. The quantitative estimate of drug-likeness (QED) is 0.132. The summed E-state index contributed by atoms with van der Waals surface area (Å²) < 4.78 is 31.8. The minimum absolute atomic E-state index is 0. The molecule has 0 saturated heterocycles. The Kier molecular flexibility index (Phi) is 33.8. The van der Waals surface area contributed by atoms with Crippen LogP contribution in [0.25, 0.3) is 0 Å². The van der Waals surface area contributed by atoms with Crippen LogP contribution < -0.4 is 0 Å². The van der Waals surface area contributed by atoms with Gasteiger partial charge in [-0.1, -0.05) is 82.9 Å². The van der Waals surface area contributed by atoms with Gasteiger partial charge in [0.25, 0.3) is 10.1 Å². The summed E-state index contributed by atoms with van der Waals surface area (Å²) in [5.74, 6) is 0. The van der Waals surface area contributed by atoms with Crippen molar-refractivity contribution in [1.29, 1.82) is 0 Å². The maximum atomic E-state index is 11.3. The standard InChI is InChI=1S/C18H30O3S.3C3H8O.Ti/c1-2-3-4-5-6-7-8-9-10-11-14-17-15-12-13-16-18(17)22(19,20)21;3*1-3(2)4;/h12-13,15-16H,2-11,14H2,1H3,(H,19,20,21);3*3-4H,1-2H3;. The van der Waals surface area contributed by atoms with Crippen LogP contribution in [0, 0.1) is 0 Å². The molecule has 0 radical (unpaired) electrons. The van der Waals surface area contributed by atoms with Crippen LogP contribution in [0.15, 0.2) is 29.2 Å². The number of hydrogen-bond donors (Lipinski definition) is 4. The van der Waals surface area contributed by atoms with Gasteiger partial charge >= 0.3 is 0 Å². The van der Waals surface area contributed by atoms with E-state index in [1.54, 1.807) is 53.7 Å². The number of unbranched alkanes of at least 4 members (excludes halogenated alkanes) is 9. The fourth-order valence-electron chi connectivity index (χ4n) is 2.76. The fraction of sp³-hybridized carbons (Fsp3) is 0.778. The van der Waals surface area contributed by atoms with E-state index in [4.69, 9.17) is 15.3 Å². The van der Waals surface area contributed by atoms with Crippen molar-refractivity contribution in [2.45, 2.75) is 142 Å². The molecule has 1 rings (SSSR count). The van der Waals surface area contributed by atoms with Crippen LogP contribution >= 0.6 is 0 Å². The minimum Gasteiger partial charge on any atom is -0.394 e. The summed E-state index contributed by atoms with van der Waals surface area (Å²) in [4.78, 5) is 0.0610. The fourth-order valence-corrected chi connectivity index (χ4v) is 3.52. The summed E-state index contributed by atoms with van der Waals surface area (Å²) in [5.41, 5.74) is 0.726. The topological polar surface area (TPSA) is 115 Å². The average molecular weight is 555 g/mol. The van der Waals surface area contributed by atoms with Crippen molar-refractivity contribution in [3.63, 3.8) is 0 Å². The maximum absolute atomic E-state index is 11.3. The first kappa shape index (κ1) is 41.8. The van der Waals surface area contributed by atoms with Crippen molar-refractivity contribution in [3.8, 4) is 0 Å². The molecule has 0 aliphatic carbocycles. The summed E-state index contributed by atoms with van der Waals surface area (Å²) in [6.45, 7) is 12.6. The molecule has 1 aromatic rings. The van der Waals surface area contributed by atoms with Gasteiger partial charge in [-0.25, -0.2) is 0 Å². The van der Waals surface area contributed by atoms with Gasteiger partial charge in [-0.15, -0.1) is 0 Å². The largest absolute Gasteiger partial charge is 0.394 e. The van der Waals surface area contributed by atoms with Crippen LogP contribution in [-0.4, -0.2) is 46.6 Å². The molecule has 6 nitrogen and oxygen atoms in total. The zero-order valence-corrected chi connectivity index (χ0v) is 25.7. The third-order valence-corrected chi connectivity index (χ3v) is 5.00. The predicted molar refractivity (Wildman–Crippen MR) is 144 cm³/mol. The molecule has 0 heterocycles. The molecular formula is C27H54O6STi. The summed E-state index contributed by atoms with van der Waals surface area (Å²) in [6, 6.07) is 6.73. The van der Waals surface area contributed by atoms with Gasteiger partial charge in [-0.3, -0.25) is 4.55 Å². The summed E-state index contributed by atoms with van der Waals surface area (Å²) in [5, 5.41) is 24.2. The Morgan fingerprint density at radius 3 is 1.31 bits per heavy atom. The molecule has 35 heavy (non-hydrogen) atoms. The number of aliphatic hydroxyl groups is 3. The molecule has 0 aromatic heterocycles. The minimum atomic E-state index is -4.10. The van der Waals surface area contributed by atoms with Gasteiger partial charge in [0, 0.05) is 40.0 Å². The summed E-state index contributed by atoms with van der Waals surface area (Å²) in [7, 11) is -4.10.